The van der Waals surface area contributed by atoms with Crippen molar-refractivity contribution in [1.82, 2.24) is 5.32 Å². The molecule has 2 heterocycles. The van der Waals surface area contributed by atoms with E-state index in [9.17, 15) is 14.0 Å². The van der Waals surface area contributed by atoms with Crippen LogP contribution in [0.4, 0.5) is 10.1 Å². The summed E-state index contributed by atoms with van der Waals surface area (Å²) in [5.41, 5.74) is 0.712. The number of aliphatic hydroxyl groups is 1. The number of fused-ring (bicyclic) bond motifs is 2. The third-order valence-electron chi connectivity index (χ3n) is 7.70. The number of ether oxygens (including phenoxy) is 2. The first kappa shape index (κ1) is 28.0. The molecule has 4 aromatic carbocycles. The molecule has 42 heavy (non-hydrogen) atoms. The summed E-state index contributed by atoms with van der Waals surface area (Å²) in [6, 6.07) is 21.9. The molecular formula is C32H25Cl2FN2O5. The van der Waals surface area contributed by atoms with Crippen LogP contribution in [0.15, 0.2) is 84.9 Å². The van der Waals surface area contributed by atoms with E-state index in [1.807, 2.05) is 6.07 Å². The zero-order chi connectivity index (χ0) is 29.4. The Kier molecular flexibility index (Phi) is 7.53. The molecule has 1 spiro atoms. The molecule has 0 aromatic heterocycles. The lowest BCUT2D eigenvalue weighted by molar-refractivity contribution is -0.131. The summed E-state index contributed by atoms with van der Waals surface area (Å²) in [7, 11) is 0. The van der Waals surface area contributed by atoms with Crippen LogP contribution in [0.25, 0.3) is 0 Å². The Bertz CT molecular complexity index is 1680. The minimum absolute atomic E-state index is 0.00681. The van der Waals surface area contributed by atoms with Gasteiger partial charge in [0.2, 0.25) is 11.8 Å². The normalized spacial score (nSPS) is 21.0. The van der Waals surface area contributed by atoms with Gasteiger partial charge in [-0.1, -0.05) is 41.4 Å². The Morgan fingerprint density at radius 3 is 2.45 bits per heavy atom. The van der Waals surface area contributed by atoms with Gasteiger partial charge in [-0.3, -0.25) is 9.59 Å². The van der Waals surface area contributed by atoms with Crippen LogP contribution in [0.1, 0.15) is 35.1 Å². The van der Waals surface area contributed by atoms with Crippen molar-refractivity contribution in [3.05, 3.63) is 117 Å². The predicted octanol–water partition coefficient (Wildman–Crippen LogP) is 6.53. The number of nitrogens with one attached hydrogen (secondary N) is 2. The first-order chi connectivity index (χ1) is 20.3. The number of amides is 2. The summed E-state index contributed by atoms with van der Waals surface area (Å²) >= 11 is 12.7. The van der Waals surface area contributed by atoms with E-state index in [4.69, 9.17) is 37.8 Å². The standard InChI is InChI=1S/C32H25Cl2FN2O5/c33-19-3-1-2-18(14-19)26-17-29(39)37-30(32(26)25-10-4-20(34)15-27(25)36-31(32)40)24-16-21(35)5-11-28(24)42-23-8-6-22(7-9-23)41-13-12-38/h1-11,14-16,26,30,38H,12-13,17H2,(H,36,40)(H,37,39)/t26-,30+,32-/m0/s1. The molecular weight excluding hydrogens is 582 g/mol. The zero-order valence-electron chi connectivity index (χ0n) is 22.1. The van der Waals surface area contributed by atoms with Crippen LogP contribution in [0, 0.1) is 5.82 Å². The molecule has 0 saturated carbocycles. The molecule has 4 aromatic rings. The molecule has 3 atom stereocenters. The van der Waals surface area contributed by atoms with Crippen molar-refractivity contribution in [3.63, 3.8) is 0 Å². The molecule has 2 aliphatic heterocycles. The lowest BCUT2D eigenvalue weighted by atomic mass is 9.59. The molecule has 2 amide bonds. The number of rotatable bonds is 7. The second-order valence-corrected chi connectivity index (χ2v) is 11.0. The number of aliphatic hydroxyl groups excluding tert-OH is 1. The fraction of sp³-hybridized carbons (Fsp3) is 0.188. The van der Waals surface area contributed by atoms with E-state index in [1.54, 1.807) is 60.7 Å². The third-order valence-corrected chi connectivity index (χ3v) is 8.17. The van der Waals surface area contributed by atoms with Crippen molar-refractivity contribution in [2.45, 2.75) is 23.8 Å². The highest BCUT2D eigenvalue weighted by molar-refractivity contribution is 6.31. The van der Waals surface area contributed by atoms with Crippen molar-refractivity contribution < 1.29 is 28.6 Å². The average Bonchev–Trinajstić information content (AvgIpc) is 3.25. The Hall–Kier alpha value is -4.11. The molecule has 1 saturated heterocycles. The second-order valence-electron chi connectivity index (χ2n) is 10.2. The first-order valence-electron chi connectivity index (χ1n) is 13.3. The number of anilines is 1. The summed E-state index contributed by atoms with van der Waals surface area (Å²) in [5, 5.41) is 15.9. The molecule has 0 aliphatic carbocycles. The van der Waals surface area contributed by atoms with Crippen LogP contribution in [-0.2, 0) is 15.0 Å². The summed E-state index contributed by atoms with van der Waals surface area (Å²) in [6.45, 7) is 0.0272. The van der Waals surface area contributed by atoms with Crippen LogP contribution in [0.2, 0.25) is 10.0 Å². The number of hydrogen-bond acceptors (Lipinski definition) is 5. The largest absolute Gasteiger partial charge is 0.491 e. The van der Waals surface area contributed by atoms with E-state index in [1.165, 1.54) is 18.2 Å². The molecule has 0 bridgehead atoms. The molecule has 10 heteroatoms. The van der Waals surface area contributed by atoms with Crippen LogP contribution in [0.5, 0.6) is 17.2 Å². The van der Waals surface area contributed by atoms with E-state index in [-0.39, 0.29) is 42.8 Å². The molecule has 2 aliphatic rings. The maximum atomic E-state index is 15.0. The Labute approximate surface area is 251 Å². The maximum absolute atomic E-state index is 15.0. The highest BCUT2D eigenvalue weighted by atomic mass is 35.5. The number of carbonyl (C=O) groups excluding carboxylic acids is 2. The molecule has 6 rings (SSSR count). The summed E-state index contributed by atoms with van der Waals surface area (Å²) in [4.78, 5) is 27.6. The van der Waals surface area contributed by atoms with Gasteiger partial charge in [0.1, 0.15) is 35.1 Å². The van der Waals surface area contributed by atoms with Crippen LogP contribution < -0.4 is 20.1 Å². The van der Waals surface area contributed by atoms with Gasteiger partial charge in [0.15, 0.2) is 0 Å². The predicted molar refractivity (Wildman–Crippen MR) is 157 cm³/mol. The summed E-state index contributed by atoms with van der Waals surface area (Å²) in [5.74, 6) is -0.680. The lowest BCUT2D eigenvalue weighted by Gasteiger charge is -2.46. The minimum Gasteiger partial charge on any atom is -0.491 e. The monoisotopic (exact) mass is 606 g/mol. The fourth-order valence-corrected chi connectivity index (χ4v) is 6.37. The fourth-order valence-electron chi connectivity index (χ4n) is 6.00. The number of piperidine rings is 1. The minimum atomic E-state index is -1.40. The van der Waals surface area contributed by atoms with E-state index in [0.29, 0.717) is 38.4 Å². The van der Waals surface area contributed by atoms with Gasteiger partial charge in [0, 0.05) is 33.6 Å². The smallest absolute Gasteiger partial charge is 0.238 e. The molecule has 0 unspecified atom stereocenters. The highest BCUT2D eigenvalue weighted by Gasteiger charge is 2.61. The van der Waals surface area contributed by atoms with Crippen molar-refractivity contribution in [2.75, 3.05) is 18.5 Å². The first-order valence-corrected chi connectivity index (χ1v) is 14.0. The molecule has 0 radical (unpaired) electrons. The zero-order valence-corrected chi connectivity index (χ0v) is 23.6. The van der Waals surface area contributed by atoms with Gasteiger partial charge in [-0.15, -0.1) is 0 Å². The van der Waals surface area contributed by atoms with Crippen molar-refractivity contribution in [1.29, 1.82) is 0 Å². The van der Waals surface area contributed by atoms with E-state index >= 15 is 0 Å². The Balaban J connectivity index is 1.52. The second kappa shape index (κ2) is 11.3. The number of hydrogen-bond donors (Lipinski definition) is 3. The molecule has 1 fully saturated rings. The summed E-state index contributed by atoms with van der Waals surface area (Å²) in [6.07, 6.45) is -0.00681. The topological polar surface area (TPSA) is 96.9 Å². The van der Waals surface area contributed by atoms with Crippen LogP contribution >= 0.6 is 23.2 Å². The molecule has 214 valence electrons. The van der Waals surface area contributed by atoms with Crippen LogP contribution in [0.3, 0.4) is 0 Å². The Morgan fingerprint density at radius 1 is 0.929 bits per heavy atom. The molecule has 3 N–H and O–H groups in total. The van der Waals surface area contributed by atoms with Crippen molar-refractivity contribution in [2.24, 2.45) is 0 Å². The SMILES string of the molecule is O=C1C[C@@H](c2cccc(Cl)c2)[C@]2(C(=O)Nc3cc(Cl)ccc32)[C@@H](c2cc(F)ccc2Oc2ccc(OCCO)cc2)N1. The lowest BCUT2D eigenvalue weighted by Crippen LogP contribution is -2.56. The van der Waals surface area contributed by atoms with Crippen LogP contribution in [-0.4, -0.2) is 30.1 Å². The van der Waals surface area contributed by atoms with Gasteiger partial charge in [-0.2, -0.15) is 0 Å². The maximum Gasteiger partial charge on any atom is 0.238 e. The number of carbonyl (C=O) groups is 2. The van der Waals surface area contributed by atoms with Gasteiger partial charge in [0.05, 0.1) is 12.6 Å². The van der Waals surface area contributed by atoms with Crippen molar-refractivity contribution >= 4 is 40.7 Å². The van der Waals surface area contributed by atoms with E-state index < -0.39 is 23.2 Å². The van der Waals surface area contributed by atoms with Gasteiger partial charge in [-0.25, -0.2) is 4.39 Å². The van der Waals surface area contributed by atoms with Gasteiger partial charge >= 0.3 is 0 Å². The quantitative estimate of drug-likeness (QED) is 0.222. The Morgan fingerprint density at radius 2 is 1.69 bits per heavy atom. The highest BCUT2D eigenvalue weighted by Crippen LogP contribution is 2.58. The van der Waals surface area contributed by atoms with Gasteiger partial charge in [0.25, 0.3) is 0 Å². The third kappa shape index (κ3) is 4.96. The average molecular weight is 607 g/mol. The summed E-state index contributed by atoms with van der Waals surface area (Å²) < 4.78 is 26.6. The van der Waals surface area contributed by atoms with Gasteiger partial charge < -0.3 is 25.2 Å². The van der Waals surface area contributed by atoms with E-state index in [0.717, 1.165) is 0 Å². The molecule has 7 nitrogen and oxygen atoms in total. The van der Waals surface area contributed by atoms with E-state index in [2.05, 4.69) is 10.6 Å². The number of halogens is 3. The number of benzene rings is 4. The van der Waals surface area contributed by atoms with Gasteiger partial charge in [-0.05, 0) is 77.9 Å². The van der Waals surface area contributed by atoms with Crippen molar-refractivity contribution in [3.8, 4) is 17.2 Å².